The van der Waals surface area contributed by atoms with Crippen molar-refractivity contribution < 1.29 is 14.7 Å². The van der Waals surface area contributed by atoms with E-state index in [9.17, 15) is 14.7 Å². The summed E-state index contributed by atoms with van der Waals surface area (Å²) in [5.74, 6) is -0.464. The van der Waals surface area contributed by atoms with Gasteiger partial charge in [-0.15, -0.1) is 0 Å². The lowest BCUT2D eigenvalue weighted by Crippen LogP contribution is -2.24. The molecule has 0 radical (unpaired) electrons. The summed E-state index contributed by atoms with van der Waals surface area (Å²) in [4.78, 5) is 24.7. The average Bonchev–Trinajstić information content (AvgIpc) is 2.82. The highest BCUT2D eigenvalue weighted by atomic mass is 16.4. The summed E-state index contributed by atoms with van der Waals surface area (Å²) >= 11 is 0. The number of hydrogen-bond donors (Lipinski definition) is 2. The molecule has 2 N–H and O–H groups in total. The Morgan fingerprint density at radius 1 is 1.40 bits per heavy atom. The molecule has 1 amide bonds. The zero-order valence-corrected chi connectivity index (χ0v) is 11.8. The van der Waals surface area contributed by atoms with Crippen molar-refractivity contribution in [2.75, 3.05) is 23.3 Å². The number of carboxylic acid groups (broad SMARTS) is 1. The summed E-state index contributed by atoms with van der Waals surface area (Å²) in [6.45, 7) is 5.58. The van der Waals surface area contributed by atoms with Crippen LogP contribution in [-0.4, -0.2) is 30.1 Å². The minimum Gasteiger partial charge on any atom is -0.478 e. The third kappa shape index (κ3) is 3.29. The molecule has 108 valence electrons. The number of amides is 1. The number of nitrogens with one attached hydrogen (secondary N) is 1. The summed E-state index contributed by atoms with van der Waals surface area (Å²) in [6, 6.07) is 5.01. The molecule has 5 heteroatoms. The van der Waals surface area contributed by atoms with Crippen molar-refractivity contribution >= 4 is 23.3 Å². The van der Waals surface area contributed by atoms with Gasteiger partial charge < -0.3 is 15.3 Å². The second kappa shape index (κ2) is 5.94. The molecule has 1 aromatic rings. The van der Waals surface area contributed by atoms with Gasteiger partial charge in [-0.2, -0.15) is 0 Å². The van der Waals surface area contributed by atoms with Crippen LogP contribution in [0.4, 0.5) is 11.4 Å². The fourth-order valence-corrected chi connectivity index (χ4v) is 2.24. The quantitative estimate of drug-likeness (QED) is 0.867. The van der Waals surface area contributed by atoms with Crippen LogP contribution in [0, 0.1) is 5.92 Å². The van der Waals surface area contributed by atoms with Crippen LogP contribution in [0.25, 0.3) is 0 Å². The van der Waals surface area contributed by atoms with E-state index >= 15 is 0 Å². The number of carbonyl (C=O) groups is 2. The van der Waals surface area contributed by atoms with Gasteiger partial charge in [-0.1, -0.05) is 13.8 Å². The first kappa shape index (κ1) is 14.4. The molecule has 0 aliphatic carbocycles. The first-order valence-electron chi connectivity index (χ1n) is 6.90. The van der Waals surface area contributed by atoms with Gasteiger partial charge in [0.05, 0.1) is 5.56 Å². The number of hydrogen-bond acceptors (Lipinski definition) is 3. The van der Waals surface area contributed by atoms with Crippen LogP contribution in [0.2, 0.25) is 0 Å². The highest BCUT2D eigenvalue weighted by Crippen LogP contribution is 2.26. The fourth-order valence-electron chi connectivity index (χ4n) is 2.24. The van der Waals surface area contributed by atoms with Crippen molar-refractivity contribution in [2.24, 2.45) is 5.92 Å². The molecule has 0 unspecified atom stereocenters. The lowest BCUT2D eigenvalue weighted by Gasteiger charge is -2.18. The van der Waals surface area contributed by atoms with Crippen LogP contribution in [-0.2, 0) is 4.79 Å². The molecule has 1 fully saturated rings. The monoisotopic (exact) mass is 276 g/mol. The van der Waals surface area contributed by atoms with Crippen LogP contribution in [0.1, 0.15) is 37.0 Å². The molecular formula is C15H20N2O3. The van der Waals surface area contributed by atoms with Crippen LogP contribution in [0.3, 0.4) is 0 Å². The van der Waals surface area contributed by atoms with Crippen molar-refractivity contribution in [3.63, 3.8) is 0 Å². The molecule has 5 nitrogen and oxygen atoms in total. The fraction of sp³-hybridized carbons (Fsp3) is 0.467. The van der Waals surface area contributed by atoms with E-state index in [1.165, 1.54) is 0 Å². The summed E-state index contributed by atoms with van der Waals surface area (Å²) < 4.78 is 0. The van der Waals surface area contributed by atoms with E-state index in [1.54, 1.807) is 17.0 Å². The van der Waals surface area contributed by atoms with Gasteiger partial charge in [0.2, 0.25) is 5.91 Å². The molecule has 0 saturated carbocycles. The van der Waals surface area contributed by atoms with Gasteiger partial charge in [-0.25, -0.2) is 4.79 Å². The topological polar surface area (TPSA) is 69.6 Å². The first-order chi connectivity index (χ1) is 9.47. The minimum atomic E-state index is -0.980. The molecule has 0 bridgehead atoms. The summed E-state index contributed by atoms with van der Waals surface area (Å²) in [7, 11) is 0. The number of carbonyl (C=O) groups excluding carboxylic acids is 1. The predicted molar refractivity (Wildman–Crippen MR) is 78.3 cm³/mol. The normalized spacial score (nSPS) is 14.9. The zero-order valence-electron chi connectivity index (χ0n) is 11.8. The summed E-state index contributed by atoms with van der Waals surface area (Å²) in [5, 5.41) is 12.4. The van der Waals surface area contributed by atoms with E-state index in [1.807, 2.05) is 6.07 Å². The maximum absolute atomic E-state index is 11.8. The SMILES string of the molecule is CC(C)CNc1cc(C(=O)O)cc(N2CCCC2=O)c1. The predicted octanol–water partition coefficient (Wildman–Crippen LogP) is 2.58. The number of benzene rings is 1. The Bertz CT molecular complexity index is 526. The van der Waals surface area contributed by atoms with Crippen molar-refractivity contribution in [2.45, 2.75) is 26.7 Å². The van der Waals surface area contributed by atoms with Crippen molar-refractivity contribution in [3.8, 4) is 0 Å². The largest absolute Gasteiger partial charge is 0.478 e. The molecular weight excluding hydrogens is 256 g/mol. The lowest BCUT2D eigenvalue weighted by molar-refractivity contribution is -0.117. The molecule has 0 atom stereocenters. The Labute approximate surface area is 118 Å². The Morgan fingerprint density at radius 2 is 2.15 bits per heavy atom. The van der Waals surface area contributed by atoms with Gasteiger partial charge in [0.15, 0.2) is 0 Å². The van der Waals surface area contributed by atoms with E-state index in [0.29, 0.717) is 24.6 Å². The Kier molecular flexibility index (Phi) is 4.27. The molecule has 1 aliphatic rings. The molecule has 1 saturated heterocycles. The smallest absolute Gasteiger partial charge is 0.335 e. The third-order valence-corrected chi connectivity index (χ3v) is 3.26. The average molecular weight is 276 g/mol. The Morgan fingerprint density at radius 3 is 2.70 bits per heavy atom. The molecule has 1 aromatic carbocycles. The molecule has 1 heterocycles. The van der Waals surface area contributed by atoms with Gasteiger partial charge >= 0.3 is 5.97 Å². The lowest BCUT2D eigenvalue weighted by atomic mass is 10.1. The summed E-state index contributed by atoms with van der Waals surface area (Å²) in [5.41, 5.74) is 1.61. The zero-order chi connectivity index (χ0) is 14.7. The second-order valence-corrected chi connectivity index (χ2v) is 5.50. The van der Waals surface area contributed by atoms with Gasteiger partial charge in [-0.3, -0.25) is 4.79 Å². The Balaban J connectivity index is 2.30. The van der Waals surface area contributed by atoms with Gasteiger partial charge in [0, 0.05) is 30.9 Å². The van der Waals surface area contributed by atoms with E-state index in [4.69, 9.17) is 0 Å². The van der Waals surface area contributed by atoms with Crippen LogP contribution in [0.15, 0.2) is 18.2 Å². The second-order valence-electron chi connectivity index (χ2n) is 5.50. The molecule has 0 spiro atoms. The van der Waals surface area contributed by atoms with Gasteiger partial charge in [0.25, 0.3) is 0 Å². The first-order valence-corrected chi connectivity index (χ1v) is 6.90. The highest BCUT2D eigenvalue weighted by Gasteiger charge is 2.23. The third-order valence-electron chi connectivity index (χ3n) is 3.26. The van der Waals surface area contributed by atoms with Crippen LogP contribution < -0.4 is 10.2 Å². The summed E-state index contributed by atoms with van der Waals surface area (Å²) in [6.07, 6.45) is 1.36. The maximum atomic E-state index is 11.8. The maximum Gasteiger partial charge on any atom is 0.335 e. The number of anilines is 2. The number of nitrogens with zero attached hydrogens (tertiary/aromatic N) is 1. The van der Waals surface area contributed by atoms with Gasteiger partial charge in [-0.05, 0) is 30.5 Å². The standard InChI is InChI=1S/C15H20N2O3/c1-10(2)9-16-12-6-11(15(19)20)7-13(8-12)17-5-3-4-14(17)18/h6-8,10,16H,3-5,9H2,1-2H3,(H,19,20). The highest BCUT2D eigenvalue weighted by molar-refractivity contribution is 5.98. The van der Waals surface area contributed by atoms with E-state index in [0.717, 1.165) is 18.7 Å². The number of aromatic carboxylic acids is 1. The number of rotatable bonds is 5. The Hall–Kier alpha value is -2.04. The van der Waals surface area contributed by atoms with Crippen molar-refractivity contribution in [3.05, 3.63) is 23.8 Å². The molecule has 20 heavy (non-hydrogen) atoms. The number of carboxylic acids is 1. The van der Waals surface area contributed by atoms with Crippen LogP contribution in [0.5, 0.6) is 0 Å². The molecule has 1 aliphatic heterocycles. The van der Waals surface area contributed by atoms with Gasteiger partial charge in [0.1, 0.15) is 0 Å². The van der Waals surface area contributed by atoms with Crippen molar-refractivity contribution in [1.82, 2.24) is 0 Å². The minimum absolute atomic E-state index is 0.0577. The van der Waals surface area contributed by atoms with Crippen LogP contribution >= 0.6 is 0 Å². The van der Waals surface area contributed by atoms with E-state index in [2.05, 4.69) is 19.2 Å². The molecule has 2 rings (SSSR count). The van der Waals surface area contributed by atoms with E-state index in [-0.39, 0.29) is 11.5 Å². The van der Waals surface area contributed by atoms with Crippen molar-refractivity contribution in [1.29, 1.82) is 0 Å². The van der Waals surface area contributed by atoms with E-state index < -0.39 is 5.97 Å². The molecule has 0 aromatic heterocycles.